The van der Waals surface area contributed by atoms with Gasteiger partial charge in [-0.05, 0) is 68.0 Å². The Morgan fingerprint density at radius 3 is 2.31 bits per heavy atom. The summed E-state index contributed by atoms with van der Waals surface area (Å²) in [5.74, 6) is 1.53. The van der Waals surface area contributed by atoms with E-state index < -0.39 is 0 Å². The zero-order valence-corrected chi connectivity index (χ0v) is 20.4. The molecule has 0 radical (unpaired) electrons. The Labute approximate surface area is 207 Å². The van der Waals surface area contributed by atoms with Crippen LogP contribution in [0.4, 0.5) is 0 Å². The highest BCUT2D eigenvalue weighted by Gasteiger charge is 2.21. The lowest BCUT2D eigenvalue weighted by atomic mass is 9.91. The van der Waals surface area contributed by atoms with Gasteiger partial charge >= 0.3 is 0 Å². The SMILES string of the molecule is NCc1c(OCCc2ccccc2)ccc2c(CCC3CCN(Cc4ccccc4)CC3)noc12. The average molecular weight is 470 g/mol. The number of fused-ring (bicyclic) bond motifs is 1. The van der Waals surface area contributed by atoms with Gasteiger partial charge in [-0.1, -0.05) is 65.8 Å². The van der Waals surface area contributed by atoms with Crippen LogP contribution in [-0.4, -0.2) is 29.8 Å². The summed E-state index contributed by atoms with van der Waals surface area (Å²) in [5, 5.41) is 5.50. The number of nitrogens with two attached hydrogens (primary N) is 1. The lowest BCUT2D eigenvalue weighted by molar-refractivity contribution is 0.172. The quantitative estimate of drug-likeness (QED) is 0.320. The second kappa shape index (κ2) is 11.5. The normalized spacial score (nSPS) is 15.0. The minimum atomic E-state index is 0.368. The van der Waals surface area contributed by atoms with Crippen LogP contribution in [-0.2, 0) is 25.9 Å². The van der Waals surface area contributed by atoms with Crippen LogP contribution >= 0.6 is 0 Å². The largest absolute Gasteiger partial charge is 0.493 e. The van der Waals surface area contributed by atoms with Crippen LogP contribution < -0.4 is 10.5 Å². The molecule has 4 aromatic rings. The number of piperidine rings is 1. The maximum absolute atomic E-state index is 6.10. The van der Waals surface area contributed by atoms with Gasteiger partial charge in [0.15, 0.2) is 5.58 Å². The summed E-state index contributed by atoms with van der Waals surface area (Å²) in [6.45, 7) is 4.36. The summed E-state index contributed by atoms with van der Waals surface area (Å²) in [6.07, 6.45) is 5.43. The van der Waals surface area contributed by atoms with E-state index in [9.17, 15) is 0 Å². The monoisotopic (exact) mass is 469 g/mol. The number of ether oxygens (including phenoxy) is 1. The van der Waals surface area contributed by atoms with Crippen molar-refractivity contribution < 1.29 is 9.26 Å². The van der Waals surface area contributed by atoms with Gasteiger partial charge in [0.25, 0.3) is 0 Å². The second-order valence-electron chi connectivity index (χ2n) is 9.58. The third-order valence-electron chi connectivity index (χ3n) is 7.22. The molecule has 182 valence electrons. The van der Waals surface area contributed by atoms with Crippen LogP contribution in [0.2, 0.25) is 0 Å². The summed E-state index contributed by atoms with van der Waals surface area (Å²) >= 11 is 0. The van der Waals surface area contributed by atoms with Gasteiger partial charge in [-0.3, -0.25) is 4.90 Å². The van der Waals surface area contributed by atoms with E-state index in [0.717, 1.165) is 59.7 Å². The van der Waals surface area contributed by atoms with Crippen molar-refractivity contribution in [1.29, 1.82) is 0 Å². The second-order valence-corrected chi connectivity index (χ2v) is 9.58. The zero-order valence-electron chi connectivity index (χ0n) is 20.4. The van der Waals surface area contributed by atoms with Crippen molar-refractivity contribution in [2.45, 2.75) is 45.2 Å². The van der Waals surface area contributed by atoms with Crippen molar-refractivity contribution in [2.24, 2.45) is 11.7 Å². The molecule has 1 aliphatic heterocycles. The number of benzene rings is 3. The van der Waals surface area contributed by atoms with Crippen molar-refractivity contribution >= 4 is 11.0 Å². The molecule has 0 amide bonds. The van der Waals surface area contributed by atoms with Crippen LogP contribution in [0.25, 0.3) is 11.0 Å². The molecule has 1 aromatic heterocycles. The molecular formula is C30H35N3O2. The molecule has 0 bridgehead atoms. The average Bonchev–Trinajstić information content (AvgIpc) is 3.32. The summed E-state index contributed by atoms with van der Waals surface area (Å²) in [5.41, 5.74) is 11.5. The number of hydrogen-bond acceptors (Lipinski definition) is 5. The third kappa shape index (κ3) is 5.92. The van der Waals surface area contributed by atoms with Crippen LogP contribution in [0, 0.1) is 5.92 Å². The Kier molecular flexibility index (Phi) is 7.76. The van der Waals surface area contributed by atoms with E-state index in [1.807, 2.05) is 12.1 Å². The Hall–Kier alpha value is -3.15. The van der Waals surface area contributed by atoms with Gasteiger partial charge in [-0.2, -0.15) is 0 Å². The topological polar surface area (TPSA) is 64.5 Å². The van der Waals surface area contributed by atoms with E-state index in [0.29, 0.717) is 13.2 Å². The fourth-order valence-electron chi connectivity index (χ4n) is 5.14. The van der Waals surface area contributed by atoms with E-state index >= 15 is 0 Å². The number of nitrogens with zero attached hydrogens (tertiary/aromatic N) is 2. The number of rotatable bonds is 10. The highest BCUT2D eigenvalue weighted by atomic mass is 16.5. The predicted molar refractivity (Wildman–Crippen MR) is 140 cm³/mol. The standard InChI is InChI=1S/C30H35N3O2/c31-21-27-29(34-20-17-23-7-3-1-4-8-23)14-12-26-28(32-35-30(26)27)13-11-24-15-18-33(19-16-24)22-25-9-5-2-6-10-25/h1-10,12,14,24H,11,13,15-22,31H2. The smallest absolute Gasteiger partial charge is 0.175 e. The Balaban J connectivity index is 1.15. The molecule has 0 aliphatic carbocycles. The predicted octanol–water partition coefficient (Wildman–Crippen LogP) is 5.75. The first-order chi connectivity index (χ1) is 17.3. The van der Waals surface area contributed by atoms with E-state index in [-0.39, 0.29) is 0 Å². The lowest BCUT2D eigenvalue weighted by Crippen LogP contribution is -2.33. The fourth-order valence-corrected chi connectivity index (χ4v) is 5.14. The fraction of sp³-hybridized carbons (Fsp3) is 0.367. The van der Waals surface area contributed by atoms with Crippen molar-refractivity contribution in [3.63, 3.8) is 0 Å². The van der Waals surface area contributed by atoms with Crippen LogP contribution in [0.15, 0.2) is 77.3 Å². The first kappa shape index (κ1) is 23.6. The molecular weight excluding hydrogens is 434 g/mol. The minimum absolute atomic E-state index is 0.368. The molecule has 35 heavy (non-hydrogen) atoms. The Morgan fingerprint density at radius 2 is 1.60 bits per heavy atom. The Bertz CT molecular complexity index is 1200. The van der Waals surface area contributed by atoms with E-state index in [4.69, 9.17) is 15.0 Å². The molecule has 0 atom stereocenters. The maximum Gasteiger partial charge on any atom is 0.175 e. The molecule has 5 heteroatoms. The summed E-state index contributed by atoms with van der Waals surface area (Å²) in [6, 6.07) is 25.3. The van der Waals surface area contributed by atoms with Gasteiger partial charge in [0, 0.05) is 24.9 Å². The lowest BCUT2D eigenvalue weighted by Gasteiger charge is -2.31. The van der Waals surface area contributed by atoms with Crippen molar-refractivity contribution in [2.75, 3.05) is 19.7 Å². The highest BCUT2D eigenvalue weighted by Crippen LogP contribution is 2.32. The molecule has 3 aromatic carbocycles. The van der Waals surface area contributed by atoms with Crippen LogP contribution in [0.3, 0.4) is 0 Å². The Morgan fingerprint density at radius 1 is 0.886 bits per heavy atom. The summed E-state index contributed by atoms with van der Waals surface area (Å²) in [4.78, 5) is 2.57. The molecule has 2 heterocycles. The van der Waals surface area contributed by atoms with E-state index in [2.05, 4.69) is 70.7 Å². The molecule has 0 saturated carbocycles. The van der Waals surface area contributed by atoms with Crippen molar-refractivity contribution in [3.05, 3.63) is 95.2 Å². The maximum atomic E-state index is 6.10. The molecule has 1 saturated heterocycles. The zero-order chi connectivity index (χ0) is 23.9. The van der Waals surface area contributed by atoms with Gasteiger partial charge in [-0.25, -0.2) is 0 Å². The third-order valence-corrected chi connectivity index (χ3v) is 7.22. The molecule has 0 unspecified atom stereocenters. The van der Waals surface area contributed by atoms with Crippen LogP contribution in [0.5, 0.6) is 5.75 Å². The molecule has 5 nitrogen and oxygen atoms in total. The van der Waals surface area contributed by atoms with Gasteiger partial charge in [0.1, 0.15) is 5.75 Å². The molecule has 0 spiro atoms. The summed E-state index contributed by atoms with van der Waals surface area (Å²) in [7, 11) is 0. The number of likely N-dealkylation sites (tertiary alicyclic amines) is 1. The first-order valence-corrected chi connectivity index (χ1v) is 12.8. The molecule has 2 N–H and O–H groups in total. The molecule has 1 aliphatic rings. The number of aryl methyl sites for hydroxylation is 1. The number of hydrogen-bond donors (Lipinski definition) is 1. The van der Waals surface area contributed by atoms with Gasteiger partial charge in [0.2, 0.25) is 0 Å². The molecule has 1 fully saturated rings. The van der Waals surface area contributed by atoms with Crippen molar-refractivity contribution in [3.8, 4) is 5.75 Å². The highest BCUT2D eigenvalue weighted by molar-refractivity contribution is 5.84. The van der Waals surface area contributed by atoms with Crippen molar-refractivity contribution in [1.82, 2.24) is 10.1 Å². The van der Waals surface area contributed by atoms with Gasteiger partial charge < -0.3 is 15.0 Å². The van der Waals surface area contributed by atoms with E-state index in [1.165, 1.54) is 37.1 Å². The number of aromatic nitrogens is 1. The van der Waals surface area contributed by atoms with Gasteiger partial charge in [-0.15, -0.1) is 0 Å². The van der Waals surface area contributed by atoms with E-state index in [1.54, 1.807) is 0 Å². The minimum Gasteiger partial charge on any atom is -0.493 e. The van der Waals surface area contributed by atoms with Crippen LogP contribution in [0.1, 0.15) is 41.6 Å². The first-order valence-electron chi connectivity index (χ1n) is 12.8. The molecule has 5 rings (SSSR count). The van der Waals surface area contributed by atoms with Gasteiger partial charge in [0.05, 0.1) is 17.9 Å². The summed E-state index contributed by atoms with van der Waals surface area (Å²) < 4.78 is 11.9.